The number of rotatable bonds is 4. The van der Waals surface area contributed by atoms with E-state index >= 15 is 0 Å². The Kier molecular flexibility index (Phi) is 5.89. The molecule has 4 nitrogen and oxygen atoms in total. The summed E-state index contributed by atoms with van der Waals surface area (Å²) in [6, 6.07) is 11.5. The van der Waals surface area contributed by atoms with Gasteiger partial charge in [-0.15, -0.1) is 0 Å². The molecular formula is C21H26F2N2O2S. The second-order valence-corrected chi connectivity index (χ2v) is 10.1. The zero-order valence-corrected chi connectivity index (χ0v) is 17.3. The van der Waals surface area contributed by atoms with Crippen LogP contribution in [0.5, 0.6) is 0 Å². The average molecular weight is 409 g/mol. The number of benzene rings is 2. The molecule has 0 saturated carbocycles. The van der Waals surface area contributed by atoms with Gasteiger partial charge in [0.15, 0.2) is 4.90 Å². The maximum Gasteiger partial charge on any atom is 0.249 e. The van der Waals surface area contributed by atoms with Crippen molar-refractivity contribution in [2.24, 2.45) is 0 Å². The molecule has 28 heavy (non-hydrogen) atoms. The van der Waals surface area contributed by atoms with Crippen LogP contribution < -0.4 is 0 Å². The van der Waals surface area contributed by atoms with Crippen LogP contribution in [0.2, 0.25) is 0 Å². The smallest absolute Gasteiger partial charge is 0.249 e. The number of hydrogen-bond acceptors (Lipinski definition) is 3. The summed E-state index contributed by atoms with van der Waals surface area (Å²) in [5.41, 5.74) is 2.52. The molecule has 0 aliphatic carbocycles. The Labute approximate surface area is 165 Å². The first-order valence-corrected chi connectivity index (χ1v) is 10.8. The summed E-state index contributed by atoms with van der Waals surface area (Å²) in [6.07, 6.45) is 0. The molecule has 152 valence electrons. The normalized spacial score (nSPS) is 17.0. The highest BCUT2D eigenvalue weighted by Gasteiger charge is 2.33. The quantitative estimate of drug-likeness (QED) is 0.773. The molecule has 7 heteroatoms. The monoisotopic (exact) mass is 408 g/mol. The molecule has 0 bridgehead atoms. The van der Waals surface area contributed by atoms with Gasteiger partial charge < -0.3 is 0 Å². The predicted molar refractivity (Wildman–Crippen MR) is 106 cm³/mol. The lowest BCUT2D eigenvalue weighted by atomic mass is 9.87. The van der Waals surface area contributed by atoms with Crippen molar-refractivity contribution >= 4 is 10.0 Å². The molecule has 0 atom stereocenters. The Hall–Kier alpha value is -1.83. The summed E-state index contributed by atoms with van der Waals surface area (Å²) in [5, 5.41) is 0. The van der Waals surface area contributed by atoms with E-state index in [9.17, 15) is 17.2 Å². The van der Waals surface area contributed by atoms with Crippen molar-refractivity contribution in [2.45, 2.75) is 37.6 Å². The lowest BCUT2D eigenvalue weighted by Crippen LogP contribution is -2.48. The zero-order chi connectivity index (χ0) is 20.5. The molecule has 0 N–H and O–H groups in total. The molecule has 1 aliphatic heterocycles. The van der Waals surface area contributed by atoms with Gasteiger partial charge in [0.25, 0.3) is 0 Å². The van der Waals surface area contributed by atoms with Crippen LogP contribution in [0.4, 0.5) is 8.78 Å². The van der Waals surface area contributed by atoms with Gasteiger partial charge in [0.1, 0.15) is 11.6 Å². The van der Waals surface area contributed by atoms with E-state index < -0.39 is 26.6 Å². The van der Waals surface area contributed by atoms with Crippen molar-refractivity contribution in [1.82, 2.24) is 9.21 Å². The minimum Gasteiger partial charge on any atom is -0.296 e. The molecule has 1 aliphatic rings. The maximum atomic E-state index is 13.9. The van der Waals surface area contributed by atoms with Crippen molar-refractivity contribution in [3.63, 3.8) is 0 Å². The van der Waals surface area contributed by atoms with Gasteiger partial charge in [0.2, 0.25) is 10.0 Å². The molecule has 0 amide bonds. The van der Waals surface area contributed by atoms with Crippen LogP contribution in [-0.2, 0) is 22.0 Å². The SMILES string of the molecule is CC(C)(C)c1ccc(CN2CCN(S(=O)(=O)c3c(F)cccc3F)CC2)cc1. The van der Waals surface area contributed by atoms with Crippen LogP contribution in [0.25, 0.3) is 0 Å². The number of nitrogens with zero attached hydrogens (tertiary/aromatic N) is 2. The molecule has 1 saturated heterocycles. The summed E-state index contributed by atoms with van der Waals surface area (Å²) < 4.78 is 54.3. The summed E-state index contributed by atoms with van der Waals surface area (Å²) >= 11 is 0. The molecular weight excluding hydrogens is 382 g/mol. The van der Waals surface area contributed by atoms with Crippen LogP contribution in [0, 0.1) is 11.6 Å². The van der Waals surface area contributed by atoms with Gasteiger partial charge in [0, 0.05) is 32.7 Å². The van der Waals surface area contributed by atoms with Crippen LogP contribution in [-0.4, -0.2) is 43.8 Å². The number of halogens is 2. The molecule has 2 aromatic carbocycles. The highest BCUT2D eigenvalue weighted by molar-refractivity contribution is 7.89. The van der Waals surface area contributed by atoms with E-state index in [2.05, 4.69) is 49.9 Å². The maximum absolute atomic E-state index is 13.9. The summed E-state index contributed by atoms with van der Waals surface area (Å²) in [7, 11) is -4.18. The summed E-state index contributed by atoms with van der Waals surface area (Å²) in [6.45, 7) is 8.64. The molecule has 3 rings (SSSR count). The third kappa shape index (κ3) is 4.42. The van der Waals surface area contributed by atoms with Gasteiger partial charge in [-0.05, 0) is 28.7 Å². The van der Waals surface area contributed by atoms with Crippen molar-refractivity contribution in [3.05, 3.63) is 65.2 Å². The third-order valence-electron chi connectivity index (χ3n) is 5.07. The fraction of sp³-hybridized carbons (Fsp3) is 0.429. The van der Waals surface area contributed by atoms with E-state index in [1.54, 1.807) is 0 Å². The Bertz CT molecular complexity index is 910. The lowest BCUT2D eigenvalue weighted by molar-refractivity contribution is 0.181. The zero-order valence-electron chi connectivity index (χ0n) is 16.5. The molecule has 0 unspecified atom stereocenters. The predicted octanol–water partition coefficient (Wildman–Crippen LogP) is 3.77. The molecule has 0 radical (unpaired) electrons. The van der Waals surface area contributed by atoms with Crippen molar-refractivity contribution < 1.29 is 17.2 Å². The second kappa shape index (κ2) is 7.89. The highest BCUT2D eigenvalue weighted by atomic mass is 32.2. The minimum atomic E-state index is -4.18. The number of hydrogen-bond donors (Lipinski definition) is 0. The molecule has 0 aromatic heterocycles. The fourth-order valence-corrected chi connectivity index (χ4v) is 4.89. The molecule has 1 fully saturated rings. The van der Waals surface area contributed by atoms with Gasteiger partial charge in [-0.3, -0.25) is 4.90 Å². The number of piperazine rings is 1. The van der Waals surface area contributed by atoms with Gasteiger partial charge in [-0.25, -0.2) is 17.2 Å². The summed E-state index contributed by atoms with van der Waals surface area (Å²) in [4.78, 5) is 1.29. The van der Waals surface area contributed by atoms with Gasteiger partial charge in [0.05, 0.1) is 0 Å². The Balaban J connectivity index is 1.64. The van der Waals surface area contributed by atoms with Crippen molar-refractivity contribution in [3.8, 4) is 0 Å². The van der Waals surface area contributed by atoms with Crippen LogP contribution >= 0.6 is 0 Å². The van der Waals surface area contributed by atoms with Gasteiger partial charge >= 0.3 is 0 Å². The third-order valence-corrected chi connectivity index (χ3v) is 7.03. The fourth-order valence-electron chi connectivity index (χ4n) is 3.35. The van der Waals surface area contributed by atoms with Gasteiger partial charge in [-0.2, -0.15) is 4.31 Å². The Morgan fingerprint density at radius 3 is 1.93 bits per heavy atom. The first kappa shape index (κ1) is 20.9. The van der Waals surface area contributed by atoms with Crippen LogP contribution in [0.3, 0.4) is 0 Å². The van der Waals surface area contributed by atoms with E-state index in [-0.39, 0.29) is 18.5 Å². The topological polar surface area (TPSA) is 40.6 Å². The minimum absolute atomic E-state index is 0.0977. The van der Waals surface area contributed by atoms with E-state index in [0.29, 0.717) is 19.6 Å². The molecule has 2 aromatic rings. The van der Waals surface area contributed by atoms with E-state index in [1.165, 1.54) is 5.56 Å². The Morgan fingerprint density at radius 2 is 1.43 bits per heavy atom. The number of sulfonamides is 1. The standard InChI is InChI=1S/C21H26F2N2O2S/c1-21(2,3)17-9-7-16(8-10-17)15-24-11-13-25(14-12-24)28(26,27)20-18(22)5-4-6-19(20)23/h4-10H,11-15H2,1-3H3. The van der Waals surface area contributed by atoms with E-state index in [0.717, 1.165) is 28.1 Å². The van der Waals surface area contributed by atoms with Crippen molar-refractivity contribution in [1.29, 1.82) is 0 Å². The molecule has 0 spiro atoms. The van der Waals surface area contributed by atoms with Crippen LogP contribution in [0.1, 0.15) is 31.9 Å². The van der Waals surface area contributed by atoms with E-state index in [1.807, 2.05) is 0 Å². The van der Waals surface area contributed by atoms with Crippen LogP contribution in [0.15, 0.2) is 47.4 Å². The van der Waals surface area contributed by atoms with E-state index in [4.69, 9.17) is 0 Å². The Morgan fingerprint density at radius 1 is 0.893 bits per heavy atom. The largest absolute Gasteiger partial charge is 0.296 e. The highest BCUT2D eigenvalue weighted by Crippen LogP contribution is 2.25. The van der Waals surface area contributed by atoms with Crippen molar-refractivity contribution in [2.75, 3.05) is 26.2 Å². The molecule has 1 heterocycles. The first-order valence-electron chi connectivity index (χ1n) is 9.35. The van der Waals surface area contributed by atoms with Gasteiger partial charge in [-0.1, -0.05) is 51.1 Å². The second-order valence-electron chi connectivity index (χ2n) is 8.18. The average Bonchev–Trinajstić information content (AvgIpc) is 2.61. The summed E-state index contributed by atoms with van der Waals surface area (Å²) in [5.74, 6) is -2.11. The lowest BCUT2D eigenvalue weighted by Gasteiger charge is -2.34. The first-order chi connectivity index (χ1) is 13.1.